The lowest BCUT2D eigenvalue weighted by atomic mass is 11.1. The number of rotatable bonds is 1. The highest BCUT2D eigenvalue weighted by Crippen LogP contribution is 1.76. The van der Waals surface area contributed by atoms with Gasteiger partial charge in [-0.2, -0.15) is 13.1 Å². The Morgan fingerprint density at radius 1 is 1.67 bits per heavy atom. The fourth-order valence-corrected chi connectivity index (χ4v) is 0.544. The SMILES string of the molecule is [C-]#[N+]C(=O)NS(C)(=O)=O. The van der Waals surface area contributed by atoms with Gasteiger partial charge in [0, 0.05) is 0 Å². The molecule has 0 aromatic heterocycles. The summed E-state index contributed by atoms with van der Waals surface area (Å²) < 4.78 is 21.7. The van der Waals surface area contributed by atoms with Crippen LogP contribution >= 0.6 is 0 Å². The first kappa shape index (κ1) is 7.91. The Kier molecular flexibility index (Phi) is 2.16. The molecule has 0 fully saturated rings. The van der Waals surface area contributed by atoms with Gasteiger partial charge in [0.05, 0.1) is 6.26 Å². The molecule has 1 N–H and O–H groups in total. The Balaban J connectivity index is 4.12. The molecule has 9 heavy (non-hydrogen) atoms. The molecule has 0 aliphatic heterocycles. The molecule has 0 heterocycles. The first-order valence-electron chi connectivity index (χ1n) is 1.85. The molecule has 0 bridgehead atoms. The van der Waals surface area contributed by atoms with Crippen molar-refractivity contribution < 1.29 is 13.2 Å². The van der Waals surface area contributed by atoms with Crippen molar-refractivity contribution in [3.8, 4) is 0 Å². The van der Waals surface area contributed by atoms with E-state index in [1.807, 2.05) is 0 Å². The molecular weight excluding hydrogens is 144 g/mol. The number of sulfonamides is 1. The summed E-state index contributed by atoms with van der Waals surface area (Å²) in [7, 11) is -3.55. The Hall–Kier alpha value is -1.09. The third-order valence-electron chi connectivity index (χ3n) is 0.374. The van der Waals surface area contributed by atoms with Crippen LogP contribution in [0.15, 0.2) is 0 Å². The number of carbonyl (C=O) groups excluding carboxylic acids is 1. The molecule has 5 nitrogen and oxygen atoms in total. The summed E-state index contributed by atoms with van der Waals surface area (Å²) in [6.07, 6.45) is 0.802. The number of nitrogens with zero attached hydrogens (tertiary/aromatic N) is 1. The van der Waals surface area contributed by atoms with Crippen molar-refractivity contribution in [2.24, 2.45) is 0 Å². The molecule has 0 atom stereocenters. The van der Waals surface area contributed by atoms with Gasteiger partial charge in [0.2, 0.25) is 0 Å². The summed E-state index contributed by atoms with van der Waals surface area (Å²) in [5, 5.41) is 0. The number of nitrogens with one attached hydrogen (secondary N) is 1. The van der Waals surface area contributed by atoms with Crippen molar-refractivity contribution in [2.45, 2.75) is 0 Å². The fraction of sp³-hybridized carbons (Fsp3) is 0.333. The average molecular weight is 148 g/mol. The zero-order chi connectivity index (χ0) is 7.49. The molecule has 0 rings (SSSR count). The largest absolute Gasteiger partial charge is 0.451 e. The van der Waals surface area contributed by atoms with E-state index in [4.69, 9.17) is 6.57 Å². The molecule has 0 spiro atoms. The predicted molar refractivity (Wildman–Crippen MR) is 30.0 cm³/mol. The Morgan fingerprint density at radius 3 is 2.22 bits per heavy atom. The van der Waals surface area contributed by atoms with Crippen LogP contribution in [0.4, 0.5) is 4.79 Å². The van der Waals surface area contributed by atoms with Crippen LogP contribution in [-0.2, 0) is 10.0 Å². The normalized spacial score (nSPS) is 9.78. The monoisotopic (exact) mass is 148 g/mol. The molecular formula is C3H4N2O3S. The molecule has 2 amide bonds. The van der Waals surface area contributed by atoms with E-state index in [1.165, 1.54) is 4.72 Å². The minimum atomic E-state index is -3.55. The second kappa shape index (κ2) is 2.46. The van der Waals surface area contributed by atoms with E-state index in [1.54, 1.807) is 0 Å². The van der Waals surface area contributed by atoms with E-state index >= 15 is 0 Å². The number of carbonyl (C=O) groups is 1. The van der Waals surface area contributed by atoms with Gasteiger partial charge in [-0.3, -0.25) is 4.79 Å². The van der Waals surface area contributed by atoms with Crippen molar-refractivity contribution in [2.75, 3.05) is 6.26 Å². The van der Waals surface area contributed by atoms with Crippen LogP contribution in [0.1, 0.15) is 0 Å². The summed E-state index contributed by atoms with van der Waals surface area (Å²) in [6.45, 7) is 6.04. The van der Waals surface area contributed by atoms with Crippen molar-refractivity contribution in [1.29, 1.82) is 0 Å². The third-order valence-corrected chi connectivity index (χ3v) is 0.920. The molecule has 50 valence electrons. The van der Waals surface area contributed by atoms with E-state index in [0.29, 0.717) is 0 Å². The maximum atomic E-state index is 10.1. The van der Waals surface area contributed by atoms with E-state index in [2.05, 4.69) is 4.85 Å². The molecule has 6 heteroatoms. The molecule has 0 unspecified atom stereocenters. The van der Waals surface area contributed by atoms with E-state index < -0.39 is 16.1 Å². The molecule has 0 saturated carbocycles. The maximum Gasteiger partial charge on any atom is 0.451 e. The van der Waals surface area contributed by atoms with Gasteiger partial charge in [-0.05, 0) is 0 Å². The van der Waals surface area contributed by atoms with Crippen molar-refractivity contribution >= 4 is 16.1 Å². The van der Waals surface area contributed by atoms with Gasteiger partial charge in [-0.15, -0.1) is 0 Å². The second-order valence-electron chi connectivity index (χ2n) is 1.29. The van der Waals surface area contributed by atoms with Gasteiger partial charge in [0.15, 0.2) is 0 Å². The fourth-order valence-electron chi connectivity index (χ4n) is 0.181. The summed E-state index contributed by atoms with van der Waals surface area (Å²) in [5.74, 6) is 0. The Morgan fingerprint density at radius 2 is 2.11 bits per heavy atom. The third kappa shape index (κ3) is 4.77. The van der Waals surface area contributed by atoms with Crippen LogP contribution in [0, 0.1) is 6.57 Å². The maximum absolute atomic E-state index is 10.1. The minimum absolute atomic E-state index is 0.802. The summed E-state index contributed by atoms with van der Waals surface area (Å²) in [6, 6.07) is -1.18. The lowest BCUT2D eigenvalue weighted by Gasteiger charge is -1.89. The highest BCUT2D eigenvalue weighted by Gasteiger charge is 2.07. The van der Waals surface area contributed by atoms with E-state index in [-0.39, 0.29) is 0 Å². The predicted octanol–water partition coefficient (Wildman–Crippen LogP) is -0.425. The highest BCUT2D eigenvalue weighted by atomic mass is 32.2. The lowest BCUT2D eigenvalue weighted by Crippen LogP contribution is -2.25. The van der Waals surface area contributed by atoms with Crippen LogP contribution in [0.2, 0.25) is 0 Å². The number of urea groups is 1. The van der Waals surface area contributed by atoms with Crippen LogP contribution in [0.5, 0.6) is 0 Å². The van der Waals surface area contributed by atoms with E-state index in [9.17, 15) is 13.2 Å². The first-order valence-corrected chi connectivity index (χ1v) is 3.74. The minimum Gasteiger partial charge on any atom is -0.328 e. The molecule has 0 aromatic carbocycles. The summed E-state index contributed by atoms with van der Waals surface area (Å²) in [4.78, 5) is 12.3. The zero-order valence-corrected chi connectivity index (χ0v) is 5.40. The smallest absolute Gasteiger partial charge is 0.328 e. The molecule has 0 aliphatic rings. The quantitative estimate of drug-likeness (QED) is 0.513. The topological polar surface area (TPSA) is 67.6 Å². The summed E-state index contributed by atoms with van der Waals surface area (Å²) >= 11 is 0. The number of hydrogen-bond acceptors (Lipinski definition) is 3. The molecule has 0 radical (unpaired) electrons. The molecule has 0 saturated heterocycles. The molecule has 0 aliphatic carbocycles. The van der Waals surface area contributed by atoms with Crippen LogP contribution in [-0.4, -0.2) is 20.7 Å². The standard InChI is InChI=1S/C3H4N2O3S/c1-4-3(6)5-9(2,7)8/h2H3,(H,5,6). The van der Waals surface area contributed by atoms with Gasteiger partial charge in [-0.25, -0.2) is 0 Å². The number of hydrogen-bond donors (Lipinski definition) is 1. The van der Waals surface area contributed by atoms with Gasteiger partial charge in [-0.1, -0.05) is 6.57 Å². The highest BCUT2D eigenvalue weighted by molar-refractivity contribution is 7.89. The molecule has 0 aromatic rings. The Bertz CT molecular complexity index is 247. The second-order valence-corrected chi connectivity index (χ2v) is 3.04. The first-order chi connectivity index (χ1) is 3.95. The van der Waals surface area contributed by atoms with Gasteiger partial charge in [0.25, 0.3) is 10.0 Å². The number of amides is 2. The van der Waals surface area contributed by atoms with Crippen LogP contribution in [0.3, 0.4) is 0 Å². The van der Waals surface area contributed by atoms with Gasteiger partial charge in [0.1, 0.15) is 0 Å². The lowest BCUT2D eigenvalue weighted by molar-refractivity contribution is 0.259. The van der Waals surface area contributed by atoms with Crippen LogP contribution < -0.4 is 4.72 Å². The van der Waals surface area contributed by atoms with Crippen molar-refractivity contribution in [3.63, 3.8) is 0 Å². The van der Waals surface area contributed by atoms with Crippen LogP contribution in [0.25, 0.3) is 4.85 Å². The Labute approximate surface area is 52.5 Å². The van der Waals surface area contributed by atoms with E-state index in [0.717, 1.165) is 6.26 Å². The van der Waals surface area contributed by atoms with Crippen molar-refractivity contribution in [1.82, 2.24) is 4.72 Å². The zero-order valence-electron chi connectivity index (χ0n) is 4.58. The van der Waals surface area contributed by atoms with Gasteiger partial charge >= 0.3 is 6.03 Å². The van der Waals surface area contributed by atoms with Gasteiger partial charge < -0.3 is 4.85 Å². The average Bonchev–Trinajstić information content (AvgIpc) is 1.62. The summed E-state index contributed by atoms with van der Waals surface area (Å²) in [5.41, 5.74) is 0. The van der Waals surface area contributed by atoms with Crippen molar-refractivity contribution in [3.05, 3.63) is 11.4 Å².